The lowest BCUT2D eigenvalue weighted by Crippen LogP contribution is -2.37. The SMILES string of the molecule is CNc1cc(C(=O)N(C)C2CCCCCC2)c(Cl)cn1. The van der Waals surface area contributed by atoms with E-state index in [1.54, 1.807) is 13.1 Å². The summed E-state index contributed by atoms with van der Waals surface area (Å²) in [7, 11) is 3.66. The maximum atomic E-state index is 12.6. The van der Waals surface area contributed by atoms with Gasteiger partial charge in [0.25, 0.3) is 5.91 Å². The average molecular weight is 296 g/mol. The zero-order valence-corrected chi connectivity index (χ0v) is 12.9. The summed E-state index contributed by atoms with van der Waals surface area (Å²) in [6, 6.07) is 2.05. The molecule has 1 amide bonds. The molecule has 1 aliphatic rings. The zero-order valence-electron chi connectivity index (χ0n) is 12.2. The average Bonchev–Trinajstić information content (AvgIpc) is 2.75. The highest BCUT2D eigenvalue weighted by atomic mass is 35.5. The van der Waals surface area contributed by atoms with Gasteiger partial charge in [-0.05, 0) is 18.9 Å². The molecule has 0 saturated heterocycles. The number of carbonyl (C=O) groups is 1. The molecular weight excluding hydrogens is 274 g/mol. The van der Waals surface area contributed by atoms with Crippen LogP contribution >= 0.6 is 11.6 Å². The lowest BCUT2D eigenvalue weighted by Gasteiger charge is -2.27. The predicted molar refractivity (Wildman–Crippen MR) is 82.4 cm³/mol. The van der Waals surface area contributed by atoms with Gasteiger partial charge in [-0.3, -0.25) is 4.79 Å². The van der Waals surface area contributed by atoms with Crippen LogP contribution in [0.25, 0.3) is 0 Å². The summed E-state index contributed by atoms with van der Waals surface area (Å²) < 4.78 is 0. The molecule has 1 heterocycles. The van der Waals surface area contributed by atoms with E-state index in [0.717, 1.165) is 12.8 Å². The predicted octanol–water partition coefficient (Wildman–Crippen LogP) is 3.57. The Morgan fingerprint density at radius 1 is 1.35 bits per heavy atom. The fraction of sp³-hybridized carbons (Fsp3) is 0.600. The lowest BCUT2D eigenvalue weighted by atomic mass is 10.1. The second-order valence-electron chi connectivity index (χ2n) is 5.36. The van der Waals surface area contributed by atoms with E-state index < -0.39 is 0 Å². The summed E-state index contributed by atoms with van der Waals surface area (Å²) in [5.41, 5.74) is 0.526. The van der Waals surface area contributed by atoms with Crippen molar-refractivity contribution >= 4 is 23.3 Å². The first-order chi connectivity index (χ1) is 9.63. The lowest BCUT2D eigenvalue weighted by molar-refractivity contribution is 0.0718. The van der Waals surface area contributed by atoms with Gasteiger partial charge in [0.15, 0.2) is 0 Å². The Labute approximate surface area is 125 Å². The van der Waals surface area contributed by atoms with Crippen LogP contribution in [0.15, 0.2) is 12.3 Å². The van der Waals surface area contributed by atoms with Crippen LogP contribution in [0.1, 0.15) is 48.9 Å². The molecule has 1 N–H and O–H groups in total. The van der Waals surface area contributed by atoms with Crippen LogP contribution in [0.3, 0.4) is 0 Å². The topological polar surface area (TPSA) is 45.2 Å². The number of rotatable bonds is 3. The number of carbonyl (C=O) groups excluding carboxylic acids is 1. The number of pyridine rings is 1. The van der Waals surface area contributed by atoms with Gasteiger partial charge in [0, 0.05) is 26.3 Å². The molecule has 0 aromatic carbocycles. The molecule has 0 atom stereocenters. The quantitative estimate of drug-likeness (QED) is 0.867. The molecule has 0 aliphatic heterocycles. The van der Waals surface area contributed by atoms with Crippen molar-refractivity contribution in [2.24, 2.45) is 0 Å². The zero-order chi connectivity index (χ0) is 14.5. The van der Waals surface area contributed by atoms with E-state index in [4.69, 9.17) is 11.6 Å². The molecule has 1 fully saturated rings. The molecule has 0 spiro atoms. The van der Waals surface area contributed by atoms with E-state index in [1.807, 2.05) is 11.9 Å². The highest BCUT2D eigenvalue weighted by molar-refractivity contribution is 6.33. The van der Waals surface area contributed by atoms with Crippen molar-refractivity contribution in [2.75, 3.05) is 19.4 Å². The minimum atomic E-state index is -0.0131. The van der Waals surface area contributed by atoms with Gasteiger partial charge in [0.2, 0.25) is 0 Å². The van der Waals surface area contributed by atoms with Crippen LogP contribution in [0, 0.1) is 0 Å². The van der Waals surface area contributed by atoms with E-state index in [2.05, 4.69) is 10.3 Å². The number of amides is 1. The number of halogens is 1. The van der Waals surface area contributed by atoms with Crippen LogP contribution in [-0.2, 0) is 0 Å². The first-order valence-electron chi connectivity index (χ1n) is 7.24. The van der Waals surface area contributed by atoms with Gasteiger partial charge >= 0.3 is 0 Å². The number of hydrogen-bond acceptors (Lipinski definition) is 3. The summed E-state index contributed by atoms with van der Waals surface area (Å²) in [4.78, 5) is 18.6. The summed E-state index contributed by atoms with van der Waals surface area (Å²) >= 11 is 6.13. The van der Waals surface area contributed by atoms with Crippen LogP contribution in [-0.4, -0.2) is 35.9 Å². The number of anilines is 1. The molecular formula is C15H22ClN3O. The summed E-state index contributed by atoms with van der Waals surface area (Å²) in [5.74, 6) is 0.646. The van der Waals surface area contributed by atoms with Crippen molar-refractivity contribution in [1.29, 1.82) is 0 Å². The highest BCUT2D eigenvalue weighted by Gasteiger charge is 2.24. The highest BCUT2D eigenvalue weighted by Crippen LogP contribution is 2.25. The Bertz CT molecular complexity index is 470. The maximum Gasteiger partial charge on any atom is 0.255 e. The normalized spacial score (nSPS) is 16.6. The van der Waals surface area contributed by atoms with Crippen molar-refractivity contribution in [2.45, 2.75) is 44.6 Å². The van der Waals surface area contributed by atoms with Crippen molar-refractivity contribution in [3.63, 3.8) is 0 Å². The molecule has 0 bridgehead atoms. The second kappa shape index (κ2) is 6.93. The fourth-order valence-electron chi connectivity index (χ4n) is 2.74. The first-order valence-corrected chi connectivity index (χ1v) is 7.61. The van der Waals surface area contributed by atoms with Crippen molar-refractivity contribution in [1.82, 2.24) is 9.88 Å². The number of hydrogen-bond donors (Lipinski definition) is 1. The van der Waals surface area contributed by atoms with Gasteiger partial charge in [-0.1, -0.05) is 37.3 Å². The Balaban J connectivity index is 2.16. The molecule has 2 rings (SSSR count). The first kappa shape index (κ1) is 15.1. The Hall–Kier alpha value is -1.29. The minimum absolute atomic E-state index is 0.0131. The number of nitrogens with one attached hydrogen (secondary N) is 1. The Morgan fingerprint density at radius 3 is 2.60 bits per heavy atom. The van der Waals surface area contributed by atoms with Crippen molar-refractivity contribution < 1.29 is 4.79 Å². The van der Waals surface area contributed by atoms with E-state index in [1.165, 1.54) is 31.9 Å². The van der Waals surface area contributed by atoms with Crippen LogP contribution in [0.4, 0.5) is 5.82 Å². The largest absolute Gasteiger partial charge is 0.373 e. The van der Waals surface area contributed by atoms with Gasteiger partial charge < -0.3 is 10.2 Å². The molecule has 1 aromatic rings. The fourth-order valence-corrected chi connectivity index (χ4v) is 2.92. The van der Waals surface area contributed by atoms with Gasteiger partial charge in [0.1, 0.15) is 5.82 Å². The third kappa shape index (κ3) is 3.42. The molecule has 110 valence electrons. The van der Waals surface area contributed by atoms with Crippen LogP contribution < -0.4 is 5.32 Å². The minimum Gasteiger partial charge on any atom is -0.373 e. The summed E-state index contributed by atoms with van der Waals surface area (Å²) in [6.07, 6.45) is 8.66. The van der Waals surface area contributed by atoms with Crippen molar-refractivity contribution in [3.8, 4) is 0 Å². The Kier molecular flexibility index (Phi) is 5.24. The molecule has 1 aliphatic carbocycles. The summed E-state index contributed by atoms with van der Waals surface area (Å²) in [5, 5.41) is 3.35. The van der Waals surface area contributed by atoms with E-state index in [0.29, 0.717) is 22.4 Å². The smallest absolute Gasteiger partial charge is 0.255 e. The molecule has 0 radical (unpaired) electrons. The van der Waals surface area contributed by atoms with Gasteiger partial charge in [0.05, 0.1) is 10.6 Å². The second-order valence-corrected chi connectivity index (χ2v) is 5.77. The Morgan fingerprint density at radius 2 is 2.00 bits per heavy atom. The standard InChI is InChI=1S/C15H22ClN3O/c1-17-14-9-12(13(16)10-18-14)15(20)19(2)11-7-5-3-4-6-8-11/h9-11H,3-8H2,1-2H3,(H,17,18). The van der Waals surface area contributed by atoms with Crippen molar-refractivity contribution in [3.05, 3.63) is 22.8 Å². The van der Waals surface area contributed by atoms with E-state index >= 15 is 0 Å². The van der Waals surface area contributed by atoms with Crippen LogP contribution in [0.2, 0.25) is 5.02 Å². The maximum absolute atomic E-state index is 12.6. The third-order valence-corrected chi connectivity index (χ3v) is 4.34. The molecule has 1 saturated carbocycles. The third-order valence-electron chi connectivity index (χ3n) is 4.03. The monoisotopic (exact) mass is 295 g/mol. The number of aromatic nitrogens is 1. The van der Waals surface area contributed by atoms with Gasteiger partial charge in [-0.15, -0.1) is 0 Å². The molecule has 5 heteroatoms. The molecule has 1 aromatic heterocycles. The number of nitrogens with zero attached hydrogens (tertiary/aromatic N) is 2. The molecule has 4 nitrogen and oxygen atoms in total. The van der Waals surface area contributed by atoms with Gasteiger partial charge in [-0.2, -0.15) is 0 Å². The molecule has 0 unspecified atom stereocenters. The van der Waals surface area contributed by atoms with E-state index in [-0.39, 0.29) is 5.91 Å². The summed E-state index contributed by atoms with van der Waals surface area (Å²) in [6.45, 7) is 0. The molecule has 20 heavy (non-hydrogen) atoms. The van der Waals surface area contributed by atoms with Gasteiger partial charge in [-0.25, -0.2) is 4.98 Å². The van der Waals surface area contributed by atoms with Crippen LogP contribution in [0.5, 0.6) is 0 Å². The van der Waals surface area contributed by atoms with E-state index in [9.17, 15) is 4.79 Å².